The van der Waals surface area contributed by atoms with Crippen LogP contribution in [0, 0.1) is 0 Å². The number of carbonyl (C=O) groups is 1. The van der Waals surface area contributed by atoms with Crippen molar-refractivity contribution in [1.29, 1.82) is 0 Å². The number of hydrogen-bond donors (Lipinski definition) is 2. The number of rotatable bonds is 4. The molecular weight excluding hydrogens is 264 g/mol. The molecule has 1 heterocycles. The van der Waals surface area contributed by atoms with E-state index in [1.165, 1.54) is 10.5 Å². The molecular formula is C17H27N2O2+. The number of ether oxygens (including phenoxy) is 1. The highest BCUT2D eigenvalue weighted by Crippen LogP contribution is 2.16. The van der Waals surface area contributed by atoms with E-state index >= 15 is 0 Å². The first-order valence-corrected chi connectivity index (χ1v) is 7.83. The van der Waals surface area contributed by atoms with Crippen LogP contribution in [0.2, 0.25) is 0 Å². The van der Waals surface area contributed by atoms with Gasteiger partial charge in [-0.15, -0.1) is 0 Å². The molecule has 1 fully saturated rings. The standard InChI is InChI=1S/C17H26N2O2/c1-12(2)15-5-7-16(8-6-15)18-17(20)11-19-9-13(3)21-14(4)10-19/h5-8,12-14H,9-11H2,1-4H3,(H,18,20)/p+1/t13-,14+. The van der Waals surface area contributed by atoms with E-state index in [1.54, 1.807) is 0 Å². The van der Waals surface area contributed by atoms with Crippen LogP contribution < -0.4 is 10.2 Å². The quantitative estimate of drug-likeness (QED) is 0.881. The fraction of sp³-hybridized carbons (Fsp3) is 0.588. The van der Waals surface area contributed by atoms with Gasteiger partial charge in [0.1, 0.15) is 25.3 Å². The van der Waals surface area contributed by atoms with Gasteiger partial charge in [-0.05, 0) is 37.5 Å². The monoisotopic (exact) mass is 291 g/mol. The minimum atomic E-state index is 0.0728. The molecule has 21 heavy (non-hydrogen) atoms. The van der Waals surface area contributed by atoms with Crippen LogP contribution in [-0.4, -0.2) is 37.7 Å². The average Bonchev–Trinajstić information content (AvgIpc) is 2.37. The minimum Gasteiger partial charge on any atom is -0.364 e. The van der Waals surface area contributed by atoms with Crippen LogP contribution >= 0.6 is 0 Å². The Morgan fingerprint density at radius 2 is 1.81 bits per heavy atom. The zero-order valence-corrected chi connectivity index (χ0v) is 13.5. The van der Waals surface area contributed by atoms with Crippen molar-refractivity contribution < 1.29 is 14.4 Å². The Hall–Kier alpha value is -1.39. The van der Waals surface area contributed by atoms with Crippen molar-refractivity contribution in [2.24, 2.45) is 0 Å². The van der Waals surface area contributed by atoms with Crippen molar-refractivity contribution in [1.82, 2.24) is 0 Å². The molecule has 1 amide bonds. The second kappa shape index (κ2) is 7.05. The molecule has 2 rings (SSSR count). The van der Waals surface area contributed by atoms with Crippen LogP contribution in [0.15, 0.2) is 24.3 Å². The van der Waals surface area contributed by atoms with Gasteiger partial charge in [-0.3, -0.25) is 4.79 Å². The number of amides is 1. The van der Waals surface area contributed by atoms with Gasteiger partial charge in [0.2, 0.25) is 0 Å². The Kier molecular flexibility index (Phi) is 5.37. The van der Waals surface area contributed by atoms with Crippen molar-refractivity contribution in [2.45, 2.75) is 45.8 Å². The fourth-order valence-corrected chi connectivity index (χ4v) is 2.92. The van der Waals surface area contributed by atoms with E-state index in [2.05, 4.69) is 45.1 Å². The van der Waals surface area contributed by atoms with Gasteiger partial charge in [-0.1, -0.05) is 26.0 Å². The Bertz CT molecular complexity index is 460. The number of nitrogens with one attached hydrogen (secondary N) is 2. The van der Waals surface area contributed by atoms with Gasteiger partial charge in [-0.25, -0.2) is 0 Å². The maximum absolute atomic E-state index is 12.1. The predicted molar refractivity (Wildman–Crippen MR) is 84.7 cm³/mol. The Morgan fingerprint density at radius 3 is 2.33 bits per heavy atom. The third-order valence-electron chi connectivity index (χ3n) is 3.89. The topological polar surface area (TPSA) is 42.8 Å². The highest BCUT2D eigenvalue weighted by atomic mass is 16.5. The van der Waals surface area contributed by atoms with Crippen LogP contribution in [0.25, 0.3) is 0 Å². The van der Waals surface area contributed by atoms with E-state index in [4.69, 9.17) is 4.74 Å². The smallest absolute Gasteiger partial charge is 0.279 e. The molecule has 1 aliphatic heterocycles. The minimum absolute atomic E-state index is 0.0728. The van der Waals surface area contributed by atoms with Gasteiger partial charge >= 0.3 is 0 Å². The highest BCUT2D eigenvalue weighted by molar-refractivity contribution is 5.91. The molecule has 2 N–H and O–H groups in total. The Labute approximate surface area is 127 Å². The zero-order valence-electron chi connectivity index (χ0n) is 13.5. The summed E-state index contributed by atoms with van der Waals surface area (Å²) < 4.78 is 5.70. The lowest BCUT2D eigenvalue weighted by molar-refractivity contribution is -0.907. The summed E-state index contributed by atoms with van der Waals surface area (Å²) in [5.74, 6) is 0.583. The summed E-state index contributed by atoms with van der Waals surface area (Å²) in [4.78, 5) is 13.4. The summed E-state index contributed by atoms with van der Waals surface area (Å²) in [7, 11) is 0. The van der Waals surface area contributed by atoms with Crippen molar-refractivity contribution in [3.05, 3.63) is 29.8 Å². The molecule has 0 aliphatic carbocycles. The van der Waals surface area contributed by atoms with Crippen LogP contribution in [0.4, 0.5) is 5.69 Å². The van der Waals surface area contributed by atoms with Gasteiger partial charge in [0.15, 0.2) is 6.54 Å². The van der Waals surface area contributed by atoms with Gasteiger partial charge in [0.05, 0.1) is 0 Å². The van der Waals surface area contributed by atoms with E-state index in [0.717, 1.165) is 18.8 Å². The second-order valence-electron chi connectivity index (χ2n) is 6.42. The molecule has 116 valence electrons. The van der Waals surface area contributed by atoms with Crippen LogP contribution in [0.3, 0.4) is 0 Å². The van der Waals surface area contributed by atoms with E-state index in [9.17, 15) is 4.79 Å². The summed E-state index contributed by atoms with van der Waals surface area (Å²) in [6, 6.07) is 8.11. The van der Waals surface area contributed by atoms with Crippen molar-refractivity contribution in [2.75, 3.05) is 25.0 Å². The maximum atomic E-state index is 12.1. The first-order valence-electron chi connectivity index (χ1n) is 7.83. The number of anilines is 1. The Balaban J connectivity index is 1.86. The summed E-state index contributed by atoms with van der Waals surface area (Å²) in [6.07, 6.45) is 0.448. The van der Waals surface area contributed by atoms with Crippen molar-refractivity contribution in [3.8, 4) is 0 Å². The molecule has 1 saturated heterocycles. The van der Waals surface area contributed by atoms with Gasteiger partial charge in [-0.2, -0.15) is 0 Å². The second-order valence-corrected chi connectivity index (χ2v) is 6.42. The summed E-state index contributed by atoms with van der Waals surface area (Å²) in [6.45, 7) is 10.8. The van der Waals surface area contributed by atoms with Gasteiger partial charge in [0, 0.05) is 5.69 Å². The lowest BCUT2D eigenvalue weighted by Crippen LogP contribution is -3.16. The van der Waals surface area contributed by atoms with Crippen LogP contribution in [0.5, 0.6) is 0 Å². The molecule has 1 aromatic rings. The zero-order chi connectivity index (χ0) is 15.4. The molecule has 3 atom stereocenters. The first kappa shape index (κ1) is 16.0. The summed E-state index contributed by atoms with van der Waals surface area (Å²) >= 11 is 0. The predicted octanol–water partition coefficient (Wildman–Crippen LogP) is 1.44. The number of carbonyl (C=O) groups excluding carboxylic acids is 1. The molecule has 0 saturated carbocycles. The lowest BCUT2D eigenvalue weighted by Gasteiger charge is -2.31. The van der Waals surface area contributed by atoms with Crippen molar-refractivity contribution in [3.63, 3.8) is 0 Å². The first-order chi connectivity index (χ1) is 9.94. The third-order valence-corrected chi connectivity index (χ3v) is 3.89. The number of benzene rings is 1. The SMILES string of the molecule is CC(C)c1ccc(NC(=O)C[NH+]2C[C@@H](C)O[C@@H](C)C2)cc1. The van der Waals surface area contributed by atoms with Crippen LogP contribution in [-0.2, 0) is 9.53 Å². The van der Waals surface area contributed by atoms with E-state index in [1.807, 2.05) is 12.1 Å². The Morgan fingerprint density at radius 1 is 1.24 bits per heavy atom. The van der Waals surface area contributed by atoms with E-state index in [-0.39, 0.29) is 18.1 Å². The molecule has 1 aromatic carbocycles. The lowest BCUT2D eigenvalue weighted by atomic mass is 10.0. The van der Waals surface area contributed by atoms with E-state index < -0.39 is 0 Å². The molecule has 1 aliphatic rings. The maximum Gasteiger partial charge on any atom is 0.279 e. The normalized spacial score (nSPS) is 25.9. The average molecular weight is 291 g/mol. The number of hydrogen-bond acceptors (Lipinski definition) is 2. The van der Waals surface area contributed by atoms with Crippen LogP contribution in [0.1, 0.15) is 39.2 Å². The third kappa shape index (κ3) is 4.83. The molecule has 4 heteroatoms. The molecule has 4 nitrogen and oxygen atoms in total. The van der Waals surface area contributed by atoms with E-state index in [0.29, 0.717) is 12.5 Å². The largest absolute Gasteiger partial charge is 0.364 e. The highest BCUT2D eigenvalue weighted by Gasteiger charge is 2.27. The summed E-state index contributed by atoms with van der Waals surface area (Å²) in [5.41, 5.74) is 2.16. The summed E-state index contributed by atoms with van der Waals surface area (Å²) in [5, 5.41) is 2.98. The fourth-order valence-electron chi connectivity index (χ4n) is 2.92. The molecule has 0 aromatic heterocycles. The molecule has 0 bridgehead atoms. The molecule has 0 radical (unpaired) electrons. The van der Waals surface area contributed by atoms with Gasteiger partial charge in [0.25, 0.3) is 5.91 Å². The van der Waals surface area contributed by atoms with Gasteiger partial charge < -0.3 is 15.0 Å². The number of morpholine rings is 1. The number of quaternary nitrogens is 1. The molecule has 0 spiro atoms. The van der Waals surface area contributed by atoms with Crippen molar-refractivity contribution >= 4 is 11.6 Å². The molecule has 1 unspecified atom stereocenters.